The average molecular weight is 198 g/mol. The van der Waals surface area contributed by atoms with Crippen LogP contribution in [0, 0.1) is 11.8 Å². The highest BCUT2D eigenvalue weighted by atomic mass is 16.1. The Morgan fingerprint density at radius 3 is 2.71 bits per heavy atom. The predicted molar refractivity (Wildman–Crippen MR) is 58.1 cm³/mol. The Kier molecular flexibility index (Phi) is 4.94. The molecule has 1 aliphatic rings. The number of nitrogens with one attached hydrogen (secondary N) is 2. The minimum atomic E-state index is 0.257. The maximum atomic E-state index is 11.7. The maximum Gasteiger partial charge on any atom is 0.223 e. The van der Waals surface area contributed by atoms with E-state index in [1.807, 2.05) is 0 Å². The second-order valence-corrected chi connectivity index (χ2v) is 4.16. The quantitative estimate of drug-likeness (QED) is 0.651. The van der Waals surface area contributed by atoms with Crippen molar-refractivity contribution in [1.29, 1.82) is 0 Å². The Hall–Kier alpha value is -0.570. The molecule has 0 aromatic carbocycles. The highest BCUT2D eigenvalue weighted by Gasteiger charge is 2.29. The Labute approximate surface area is 86.6 Å². The molecular weight excluding hydrogens is 176 g/mol. The molecule has 3 heteroatoms. The molecule has 0 bridgehead atoms. The van der Waals surface area contributed by atoms with Gasteiger partial charge in [-0.3, -0.25) is 4.79 Å². The Morgan fingerprint density at radius 2 is 2.14 bits per heavy atom. The van der Waals surface area contributed by atoms with Crippen molar-refractivity contribution >= 4 is 5.91 Å². The summed E-state index contributed by atoms with van der Waals surface area (Å²) in [6.07, 6.45) is 3.51. The van der Waals surface area contributed by atoms with E-state index in [-0.39, 0.29) is 11.8 Å². The highest BCUT2D eigenvalue weighted by Crippen LogP contribution is 2.30. The van der Waals surface area contributed by atoms with Gasteiger partial charge in [-0.05, 0) is 25.3 Å². The van der Waals surface area contributed by atoms with E-state index in [9.17, 15) is 4.79 Å². The van der Waals surface area contributed by atoms with Crippen molar-refractivity contribution < 1.29 is 4.79 Å². The SMILES string of the molecule is CCNCCNC(=O)C1CCCC1C. The first-order valence-corrected chi connectivity index (χ1v) is 5.74. The van der Waals surface area contributed by atoms with Crippen LogP contribution in [0.15, 0.2) is 0 Å². The molecule has 2 unspecified atom stereocenters. The molecule has 82 valence electrons. The second kappa shape index (κ2) is 6.02. The normalized spacial score (nSPS) is 26.4. The predicted octanol–water partition coefficient (Wildman–Crippen LogP) is 1.15. The van der Waals surface area contributed by atoms with E-state index in [0.717, 1.165) is 26.1 Å². The van der Waals surface area contributed by atoms with E-state index >= 15 is 0 Å². The van der Waals surface area contributed by atoms with Crippen molar-refractivity contribution in [1.82, 2.24) is 10.6 Å². The van der Waals surface area contributed by atoms with Gasteiger partial charge in [0.05, 0.1) is 0 Å². The van der Waals surface area contributed by atoms with Crippen molar-refractivity contribution in [2.75, 3.05) is 19.6 Å². The minimum absolute atomic E-state index is 0.257. The lowest BCUT2D eigenvalue weighted by molar-refractivity contribution is -0.125. The number of hydrogen-bond donors (Lipinski definition) is 2. The van der Waals surface area contributed by atoms with Crippen LogP contribution >= 0.6 is 0 Å². The zero-order chi connectivity index (χ0) is 10.4. The number of likely N-dealkylation sites (N-methyl/N-ethyl adjacent to an activating group) is 1. The molecule has 0 heterocycles. The summed E-state index contributed by atoms with van der Waals surface area (Å²) in [5.74, 6) is 1.11. The molecule has 0 aromatic heterocycles. The van der Waals surface area contributed by atoms with E-state index in [4.69, 9.17) is 0 Å². The first-order chi connectivity index (χ1) is 6.75. The third kappa shape index (κ3) is 3.29. The van der Waals surface area contributed by atoms with E-state index in [1.165, 1.54) is 12.8 Å². The molecule has 0 spiro atoms. The fourth-order valence-corrected chi connectivity index (χ4v) is 2.12. The summed E-state index contributed by atoms with van der Waals surface area (Å²) >= 11 is 0. The first kappa shape index (κ1) is 11.5. The van der Waals surface area contributed by atoms with Crippen LogP contribution in [0.4, 0.5) is 0 Å². The van der Waals surface area contributed by atoms with Gasteiger partial charge in [-0.15, -0.1) is 0 Å². The largest absolute Gasteiger partial charge is 0.355 e. The van der Waals surface area contributed by atoms with Crippen molar-refractivity contribution in [3.63, 3.8) is 0 Å². The van der Waals surface area contributed by atoms with Crippen LogP contribution in [0.25, 0.3) is 0 Å². The monoisotopic (exact) mass is 198 g/mol. The van der Waals surface area contributed by atoms with E-state index < -0.39 is 0 Å². The average Bonchev–Trinajstić information content (AvgIpc) is 2.59. The topological polar surface area (TPSA) is 41.1 Å². The number of hydrogen-bond acceptors (Lipinski definition) is 2. The lowest BCUT2D eigenvalue weighted by Crippen LogP contribution is -2.36. The van der Waals surface area contributed by atoms with Crippen molar-refractivity contribution in [3.05, 3.63) is 0 Å². The van der Waals surface area contributed by atoms with Crippen molar-refractivity contribution in [2.45, 2.75) is 33.1 Å². The number of carbonyl (C=O) groups excluding carboxylic acids is 1. The minimum Gasteiger partial charge on any atom is -0.355 e. The first-order valence-electron chi connectivity index (χ1n) is 5.74. The van der Waals surface area contributed by atoms with Gasteiger partial charge in [-0.1, -0.05) is 20.3 Å². The third-order valence-electron chi connectivity index (χ3n) is 3.05. The smallest absolute Gasteiger partial charge is 0.223 e. The van der Waals surface area contributed by atoms with Crippen LogP contribution in [0.1, 0.15) is 33.1 Å². The molecule has 1 rings (SSSR count). The highest BCUT2D eigenvalue weighted by molar-refractivity contribution is 5.79. The van der Waals surface area contributed by atoms with Crippen LogP contribution < -0.4 is 10.6 Å². The number of rotatable bonds is 5. The molecule has 1 fully saturated rings. The van der Waals surface area contributed by atoms with Crippen LogP contribution in [0.3, 0.4) is 0 Å². The molecule has 3 nitrogen and oxygen atoms in total. The zero-order valence-electron chi connectivity index (χ0n) is 9.31. The van der Waals surface area contributed by atoms with Gasteiger partial charge in [-0.25, -0.2) is 0 Å². The van der Waals surface area contributed by atoms with Crippen molar-refractivity contribution in [3.8, 4) is 0 Å². The molecule has 1 saturated carbocycles. The summed E-state index contributed by atoms with van der Waals surface area (Å²) in [4.78, 5) is 11.7. The van der Waals surface area contributed by atoms with Gasteiger partial charge >= 0.3 is 0 Å². The molecule has 0 aliphatic heterocycles. The summed E-state index contributed by atoms with van der Waals surface area (Å²) in [5, 5.41) is 6.18. The van der Waals surface area contributed by atoms with E-state index in [1.54, 1.807) is 0 Å². The second-order valence-electron chi connectivity index (χ2n) is 4.16. The molecule has 2 N–H and O–H groups in total. The molecule has 2 atom stereocenters. The summed E-state index contributed by atoms with van der Waals surface area (Å²) in [7, 11) is 0. The summed E-state index contributed by atoms with van der Waals surface area (Å²) in [6, 6.07) is 0. The van der Waals surface area contributed by atoms with Crippen molar-refractivity contribution in [2.24, 2.45) is 11.8 Å². The lowest BCUT2D eigenvalue weighted by atomic mass is 9.97. The van der Waals surface area contributed by atoms with Gasteiger partial charge in [0.15, 0.2) is 0 Å². The zero-order valence-corrected chi connectivity index (χ0v) is 9.31. The van der Waals surface area contributed by atoms with Crippen LogP contribution in [0.5, 0.6) is 0 Å². The Morgan fingerprint density at radius 1 is 1.36 bits per heavy atom. The van der Waals surface area contributed by atoms with Gasteiger partial charge in [-0.2, -0.15) is 0 Å². The standard InChI is InChI=1S/C11H22N2O/c1-3-12-7-8-13-11(14)10-6-4-5-9(10)2/h9-10,12H,3-8H2,1-2H3,(H,13,14). The van der Waals surface area contributed by atoms with Gasteiger partial charge in [0, 0.05) is 19.0 Å². The molecule has 1 aliphatic carbocycles. The van der Waals surface area contributed by atoms with Gasteiger partial charge in [0.2, 0.25) is 5.91 Å². The Bertz CT molecular complexity index is 182. The van der Waals surface area contributed by atoms with Crippen LogP contribution in [-0.4, -0.2) is 25.5 Å². The van der Waals surface area contributed by atoms with Gasteiger partial charge in [0.25, 0.3) is 0 Å². The maximum absolute atomic E-state index is 11.7. The molecular formula is C11H22N2O. The van der Waals surface area contributed by atoms with Crippen LogP contribution in [-0.2, 0) is 4.79 Å². The molecule has 0 saturated heterocycles. The van der Waals surface area contributed by atoms with Gasteiger partial charge < -0.3 is 10.6 Å². The summed E-state index contributed by atoms with van der Waals surface area (Å²) < 4.78 is 0. The van der Waals surface area contributed by atoms with E-state index in [2.05, 4.69) is 24.5 Å². The molecule has 14 heavy (non-hydrogen) atoms. The lowest BCUT2D eigenvalue weighted by Gasteiger charge is -2.14. The Balaban J connectivity index is 2.14. The van der Waals surface area contributed by atoms with Gasteiger partial charge in [0.1, 0.15) is 0 Å². The van der Waals surface area contributed by atoms with Crippen LogP contribution in [0.2, 0.25) is 0 Å². The molecule has 0 radical (unpaired) electrons. The molecule has 1 amide bonds. The third-order valence-corrected chi connectivity index (χ3v) is 3.05. The summed E-state index contributed by atoms with van der Waals surface area (Å²) in [6.45, 7) is 6.86. The summed E-state index contributed by atoms with van der Waals surface area (Å²) in [5.41, 5.74) is 0. The number of amides is 1. The van der Waals surface area contributed by atoms with E-state index in [0.29, 0.717) is 5.92 Å². The number of carbonyl (C=O) groups is 1. The fourth-order valence-electron chi connectivity index (χ4n) is 2.12. The molecule has 0 aromatic rings. The fraction of sp³-hybridized carbons (Fsp3) is 0.909.